The molecule has 2 heterocycles. The summed E-state index contributed by atoms with van der Waals surface area (Å²) in [4.78, 5) is 4.35. The minimum absolute atomic E-state index is 0.552. The van der Waals surface area contributed by atoms with Crippen molar-refractivity contribution in [1.29, 1.82) is 0 Å². The highest BCUT2D eigenvalue weighted by atomic mass is 15.4. The summed E-state index contributed by atoms with van der Waals surface area (Å²) in [5.41, 5.74) is 5.26. The summed E-state index contributed by atoms with van der Waals surface area (Å²) in [5.74, 6) is 0.552. The van der Waals surface area contributed by atoms with Crippen molar-refractivity contribution in [2.75, 3.05) is 0 Å². The molecule has 1 aliphatic heterocycles. The summed E-state index contributed by atoms with van der Waals surface area (Å²) in [5, 5.41) is 4.35. The maximum absolute atomic E-state index is 4.35. The molecule has 0 saturated carbocycles. The predicted octanol–water partition coefficient (Wildman–Crippen LogP) is 3.12. The second kappa shape index (κ2) is 4.24. The number of aromatic nitrogens is 1. The molecule has 3 heteroatoms. The fourth-order valence-corrected chi connectivity index (χ4v) is 2.16. The lowest BCUT2D eigenvalue weighted by atomic mass is 10.00. The number of aliphatic imine (C=N–C) groups is 1. The lowest BCUT2D eigenvalue weighted by Crippen LogP contribution is -2.04. The molecule has 0 spiro atoms. The van der Waals surface area contributed by atoms with E-state index in [9.17, 15) is 0 Å². The molecule has 2 rings (SSSR count). The fraction of sp³-hybridized carbons (Fsp3) is 0.538. The van der Waals surface area contributed by atoms with Crippen LogP contribution < -0.4 is 0 Å². The highest BCUT2D eigenvalue weighted by molar-refractivity contribution is 5.92. The van der Waals surface area contributed by atoms with Gasteiger partial charge in [-0.3, -0.25) is 0 Å². The van der Waals surface area contributed by atoms with Crippen LogP contribution in [-0.2, 0) is 6.42 Å². The van der Waals surface area contributed by atoms with E-state index >= 15 is 0 Å². The molecule has 0 radical (unpaired) electrons. The Kier molecular flexibility index (Phi) is 2.95. The van der Waals surface area contributed by atoms with Crippen molar-refractivity contribution >= 4 is 12.1 Å². The molecule has 0 amide bonds. The summed E-state index contributed by atoms with van der Waals surface area (Å²) >= 11 is 0. The Labute approximate surface area is 96.9 Å². The molecule has 86 valence electrons. The highest BCUT2D eigenvalue weighted by Gasteiger charge is 2.16. The predicted molar refractivity (Wildman–Crippen MR) is 68.6 cm³/mol. The lowest BCUT2D eigenvalue weighted by molar-refractivity contribution is 0.821. The number of hydrogen-bond acceptors (Lipinski definition) is 2. The van der Waals surface area contributed by atoms with Crippen LogP contribution in [0.2, 0.25) is 0 Å². The van der Waals surface area contributed by atoms with E-state index in [0.717, 1.165) is 12.8 Å². The van der Waals surface area contributed by atoms with Gasteiger partial charge in [-0.2, -0.15) is 5.10 Å². The van der Waals surface area contributed by atoms with Crippen LogP contribution in [0.5, 0.6) is 0 Å². The van der Waals surface area contributed by atoms with Gasteiger partial charge in [-0.1, -0.05) is 20.8 Å². The Morgan fingerprint density at radius 2 is 2.19 bits per heavy atom. The minimum atomic E-state index is 0.552. The Hall–Kier alpha value is -1.38. The average Bonchev–Trinajstić information content (AvgIpc) is 2.47. The van der Waals surface area contributed by atoms with Gasteiger partial charge >= 0.3 is 0 Å². The van der Waals surface area contributed by atoms with Gasteiger partial charge in [-0.15, -0.1) is 0 Å². The van der Waals surface area contributed by atoms with E-state index < -0.39 is 0 Å². The van der Waals surface area contributed by atoms with E-state index in [1.165, 1.54) is 22.5 Å². The number of rotatable bonds is 2. The van der Waals surface area contributed by atoms with Crippen molar-refractivity contribution in [3.63, 3.8) is 0 Å². The molecule has 1 aliphatic rings. The first kappa shape index (κ1) is 11.1. The van der Waals surface area contributed by atoms with Gasteiger partial charge in [-0.05, 0) is 30.4 Å². The van der Waals surface area contributed by atoms with Crippen LogP contribution in [0.15, 0.2) is 16.3 Å². The van der Waals surface area contributed by atoms with E-state index in [4.69, 9.17) is 0 Å². The second-order valence-electron chi connectivity index (χ2n) is 4.61. The van der Waals surface area contributed by atoms with Gasteiger partial charge in [-0.25, -0.2) is 9.67 Å². The normalized spacial score (nSPS) is 14.9. The van der Waals surface area contributed by atoms with Crippen molar-refractivity contribution in [2.45, 2.75) is 46.5 Å². The highest BCUT2D eigenvalue weighted by Crippen LogP contribution is 2.25. The van der Waals surface area contributed by atoms with E-state index in [1.54, 1.807) is 6.34 Å². The molecule has 0 saturated heterocycles. The van der Waals surface area contributed by atoms with Crippen molar-refractivity contribution in [3.05, 3.63) is 23.0 Å². The maximum atomic E-state index is 4.35. The van der Waals surface area contributed by atoms with Gasteiger partial charge in [0.05, 0.1) is 5.69 Å². The summed E-state index contributed by atoms with van der Waals surface area (Å²) in [7, 11) is 0. The maximum Gasteiger partial charge on any atom is 0.136 e. The second-order valence-corrected chi connectivity index (χ2v) is 4.61. The smallest absolute Gasteiger partial charge is 0.136 e. The molecule has 3 nitrogen and oxygen atoms in total. The van der Waals surface area contributed by atoms with Crippen molar-refractivity contribution in [1.82, 2.24) is 4.68 Å². The molecule has 16 heavy (non-hydrogen) atoms. The molecule has 0 fully saturated rings. The van der Waals surface area contributed by atoms with Crippen molar-refractivity contribution in [3.8, 4) is 0 Å². The van der Waals surface area contributed by atoms with E-state index in [1.807, 2.05) is 4.68 Å². The average molecular weight is 217 g/mol. The molecule has 0 atom stereocenters. The zero-order chi connectivity index (χ0) is 11.7. The number of fused-ring (bicyclic) bond motifs is 1. The third-order valence-corrected chi connectivity index (χ3v) is 3.22. The van der Waals surface area contributed by atoms with E-state index in [0.29, 0.717) is 5.92 Å². The topological polar surface area (TPSA) is 29.6 Å². The zero-order valence-corrected chi connectivity index (χ0v) is 10.5. The monoisotopic (exact) mass is 217 g/mol. The van der Waals surface area contributed by atoms with Crippen molar-refractivity contribution < 1.29 is 0 Å². The quantitative estimate of drug-likeness (QED) is 0.728. The van der Waals surface area contributed by atoms with Crippen LogP contribution in [0.1, 0.15) is 49.9 Å². The van der Waals surface area contributed by atoms with Crippen LogP contribution in [-0.4, -0.2) is 16.7 Å². The fourth-order valence-electron chi connectivity index (χ4n) is 2.16. The van der Waals surface area contributed by atoms with Gasteiger partial charge in [0.1, 0.15) is 6.34 Å². The molecular formula is C13H19N3. The third kappa shape index (κ3) is 1.82. The Balaban J connectivity index is 2.46. The SMILES string of the molecule is CCC1=NC=Nn2cc(C(C)C)c(C)c2C1. The largest absolute Gasteiger partial charge is 0.244 e. The minimum Gasteiger partial charge on any atom is -0.244 e. The van der Waals surface area contributed by atoms with Crippen molar-refractivity contribution in [2.24, 2.45) is 10.1 Å². The van der Waals surface area contributed by atoms with Gasteiger partial charge in [0.15, 0.2) is 0 Å². The first-order valence-electron chi connectivity index (χ1n) is 5.92. The first-order valence-corrected chi connectivity index (χ1v) is 5.92. The number of nitrogens with zero attached hydrogens (tertiary/aromatic N) is 3. The number of hydrogen-bond donors (Lipinski definition) is 0. The van der Waals surface area contributed by atoms with Gasteiger partial charge in [0, 0.05) is 18.3 Å². The van der Waals surface area contributed by atoms with Crippen LogP contribution in [0.25, 0.3) is 0 Å². The molecule has 0 aromatic carbocycles. The standard InChI is InChI=1S/C13H19N3/c1-5-11-6-13-10(4)12(9(2)3)7-16(13)15-8-14-11/h7-9H,5-6H2,1-4H3. The zero-order valence-electron chi connectivity index (χ0n) is 10.5. The Morgan fingerprint density at radius 3 is 2.81 bits per heavy atom. The molecule has 0 aliphatic carbocycles. The Morgan fingerprint density at radius 1 is 1.44 bits per heavy atom. The third-order valence-electron chi connectivity index (χ3n) is 3.22. The molecule has 0 bridgehead atoms. The van der Waals surface area contributed by atoms with Gasteiger partial charge in [0.2, 0.25) is 0 Å². The molecule has 1 aromatic heterocycles. The van der Waals surface area contributed by atoms with Crippen LogP contribution in [0.4, 0.5) is 0 Å². The van der Waals surface area contributed by atoms with Crippen LogP contribution in [0, 0.1) is 6.92 Å². The van der Waals surface area contributed by atoms with Gasteiger partial charge in [0.25, 0.3) is 0 Å². The van der Waals surface area contributed by atoms with Gasteiger partial charge < -0.3 is 0 Å². The van der Waals surface area contributed by atoms with Crippen LogP contribution in [0.3, 0.4) is 0 Å². The molecule has 1 aromatic rings. The van der Waals surface area contributed by atoms with Crippen LogP contribution >= 0.6 is 0 Å². The summed E-state index contributed by atoms with van der Waals surface area (Å²) in [6.07, 6.45) is 5.72. The molecule has 0 unspecified atom stereocenters. The summed E-state index contributed by atoms with van der Waals surface area (Å²) in [6, 6.07) is 0. The summed E-state index contributed by atoms with van der Waals surface area (Å²) in [6.45, 7) is 8.78. The lowest BCUT2D eigenvalue weighted by Gasteiger charge is -2.05. The molecular weight excluding hydrogens is 198 g/mol. The molecule has 0 N–H and O–H groups in total. The Bertz CT molecular complexity index is 450. The van der Waals surface area contributed by atoms with E-state index in [-0.39, 0.29) is 0 Å². The summed E-state index contributed by atoms with van der Waals surface area (Å²) < 4.78 is 1.98. The first-order chi connectivity index (χ1) is 7.63. The van der Waals surface area contributed by atoms with E-state index in [2.05, 4.69) is 44.0 Å².